The summed E-state index contributed by atoms with van der Waals surface area (Å²) in [5.74, 6) is -2.89. The minimum atomic E-state index is -1.00. The molecule has 3 rings (SSSR count). The van der Waals surface area contributed by atoms with Gasteiger partial charge in [0, 0.05) is 25.9 Å². The molecule has 0 aromatic heterocycles. The zero-order valence-corrected chi connectivity index (χ0v) is 20.0. The predicted molar refractivity (Wildman–Crippen MR) is 132 cm³/mol. The standard InChI is InChI=1S/C26H32N4O6/c31-23-21(17-19-7-3-1-4-8-19)29-25(33)26(34)30-22(18-20-9-5-2-6-10-20)24(32)28-12-14-36-16-15-35-13-11-27-23/h1-10,21-22H,11-18H2,(H,27,31)(H,28,32)(H,29,33)(H,30,34)/t21-,22-/m0/s1. The molecule has 10 heteroatoms. The van der Waals surface area contributed by atoms with Crippen LogP contribution in [0.4, 0.5) is 0 Å². The molecule has 1 heterocycles. The van der Waals surface area contributed by atoms with Crippen molar-refractivity contribution in [2.45, 2.75) is 24.9 Å². The molecule has 4 N–H and O–H groups in total. The second-order valence-electron chi connectivity index (χ2n) is 8.24. The van der Waals surface area contributed by atoms with E-state index in [9.17, 15) is 19.2 Å². The van der Waals surface area contributed by atoms with Gasteiger partial charge in [0.15, 0.2) is 0 Å². The zero-order chi connectivity index (χ0) is 25.6. The number of carbonyl (C=O) groups excluding carboxylic acids is 4. The molecular weight excluding hydrogens is 464 g/mol. The molecule has 2 aromatic carbocycles. The molecule has 1 aliphatic heterocycles. The van der Waals surface area contributed by atoms with E-state index in [1.807, 2.05) is 60.7 Å². The molecule has 1 saturated heterocycles. The summed E-state index contributed by atoms with van der Waals surface area (Å²) in [7, 11) is 0. The van der Waals surface area contributed by atoms with Crippen molar-refractivity contribution in [2.75, 3.05) is 39.5 Å². The highest BCUT2D eigenvalue weighted by atomic mass is 16.5. The first-order valence-electron chi connectivity index (χ1n) is 11.9. The molecule has 2 atom stereocenters. The van der Waals surface area contributed by atoms with Crippen LogP contribution in [0.1, 0.15) is 11.1 Å². The smallest absolute Gasteiger partial charge is 0.309 e. The first-order valence-corrected chi connectivity index (χ1v) is 11.9. The van der Waals surface area contributed by atoms with Crippen LogP contribution in [0.2, 0.25) is 0 Å². The van der Waals surface area contributed by atoms with Crippen molar-refractivity contribution in [1.29, 1.82) is 0 Å². The first-order chi connectivity index (χ1) is 17.5. The van der Waals surface area contributed by atoms with Crippen molar-refractivity contribution in [3.8, 4) is 0 Å². The van der Waals surface area contributed by atoms with Crippen molar-refractivity contribution in [3.05, 3.63) is 71.8 Å². The lowest BCUT2D eigenvalue weighted by Crippen LogP contribution is -2.56. The fraction of sp³-hybridized carbons (Fsp3) is 0.385. The Hall–Kier alpha value is -3.76. The van der Waals surface area contributed by atoms with Crippen LogP contribution in [0.5, 0.6) is 0 Å². The van der Waals surface area contributed by atoms with Crippen LogP contribution in [-0.2, 0) is 41.5 Å². The van der Waals surface area contributed by atoms with Crippen molar-refractivity contribution in [3.63, 3.8) is 0 Å². The molecule has 36 heavy (non-hydrogen) atoms. The second-order valence-corrected chi connectivity index (χ2v) is 8.24. The van der Waals surface area contributed by atoms with E-state index in [4.69, 9.17) is 9.47 Å². The average molecular weight is 497 g/mol. The Morgan fingerprint density at radius 2 is 0.972 bits per heavy atom. The fourth-order valence-electron chi connectivity index (χ4n) is 3.63. The molecule has 0 saturated carbocycles. The maximum atomic E-state index is 12.8. The van der Waals surface area contributed by atoms with E-state index in [0.717, 1.165) is 11.1 Å². The van der Waals surface area contributed by atoms with Crippen molar-refractivity contribution >= 4 is 23.6 Å². The van der Waals surface area contributed by atoms with Crippen LogP contribution in [0, 0.1) is 0 Å². The molecule has 0 spiro atoms. The third kappa shape index (κ3) is 9.12. The number of carbonyl (C=O) groups is 4. The number of amides is 4. The highest BCUT2D eigenvalue weighted by Crippen LogP contribution is 2.06. The highest BCUT2D eigenvalue weighted by Gasteiger charge is 2.28. The van der Waals surface area contributed by atoms with Gasteiger partial charge in [-0.05, 0) is 11.1 Å². The third-order valence-corrected chi connectivity index (χ3v) is 5.48. The molecule has 4 amide bonds. The molecule has 10 nitrogen and oxygen atoms in total. The molecule has 1 fully saturated rings. The Labute approximate surface area is 210 Å². The summed E-state index contributed by atoms with van der Waals surface area (Å²) in [5.41, 5.74) is 1.63. The predicted octanol–water partition coefficient (Wildman–Crippen LogP) is -0.279. The minimum Gasteiger partial charge on any atom is -0.377 e. The summed E-state index contributed by atoms with van der Waals surface area (Å²) in [6.07, 6.45) is 0.378. The normalized spacial score (nSPS) is 21.2. The zero-order valence-electron chi connectivity index (χ0n) is 20.0. The lowest BCUT2D eigenvalue weighted by atomic mass is 10.0. The summed E-state index contributed by atoms with van der Waals surface area (Å²) in [4.78, 5) is 51.2. The van der Waals surface area contributed by atoms with Crippen LogP contribution in [0.3, 0.4) is 0 Å². The van der Waals surface area contributed by atoms with E-state index < -0.39 is 35.7 Å². The lowest BCUT2D eigenvalue weighted by molar-refractivity contribution is -0.142. The van der Waals surface area contributed by atoms with Crippen LogP contribution in [0.25, 0.3) is 0 Å². The van der Waals surface area contributed by atoms with Gasteiger partial charge in [-0.2, -0.15) is 0 Å². The van der Waals surface area contributed by atoms with Gasteiger partial charge in [-0.1, -0.05) is 60.7 Å². The van der Waals surface area contributed by atoms with Crippen LogP contribution >= 0.6 is 0 Å². The SMILES string of the molecule is O=C1N[C@@H](Cc2ccccc2)C(=O)NCCOCCOCCNC(=O)[C@H](Cc2ccccc2)NC1=O. The van der Waals surface area contributed by atoms with Gasteiger partial charge in [0.25, 0.3) is 0 Å². The fourth-order valence-corrected chi connectivity index (χ4v) is 3.63. The Kier molecular flexibility index (Phi) is 10.9. The molecule has 1 aliphatic rings. The molecule has 192 valence electrons. The maximum absolute atomic E-state index is 12.8. The van der Waals surface area contributed by atoms with Gasteiger partial charge in [-0.15, -0.1) is 0 Å². The van der Waals surface area contributed by atoms with Crippen molar-refractivity contribution in [1.82, 2.24) is 21.3 Å². The Balaban J connectivity index is 1.75. The Bertz CT molecular complexity index is 921. The number of rotatable bonds is 4. The summed E-state index contributed by atoms with van der Waals surface area (Å²) in [6, 6.07) is 16.3. The number of ether oxygens (including phenoxy) is 2. The second kappa shape index (κ2) is 14.6. The minimum absolute atomic E-state index is 0.189. The van der Waals surface area contributed by atoms with Gasteiger partial charge in [-0.25, -0.2) is 0 Å². The van der Waals surface area contributed by atoms with Crippen molar-refractivity contribution in [2.24, 2.45) is 0 Å². The first kappa shape index (κ1) is 26.8. The molecule has 0 radical (unpaired) electrons. The van der Waals surface area contributed by atoms with E-state index in [1.165, 1.54) is 0 Å². The van der Waals surface area contributed by atoms with E-state index in [1.54, 1.807) is 0 Å². The average Bonchev–Trinajstić information content (AvgIpc) is 2.89. The number of hydrogen-bond donors (Lipinski definition) is 4. The largest absolute Gasteiger partial charge is 0.377 e. The summed E-state index contributed by atoms with van der Waals surface area (Å²) < 4.78 is 10.9. The van der Waals surface area contributed by atoms with Gasteiger partial charge < -0.3 is 30.7 Å². The third-order valence-electron chi connectivity index (χ3n) is 5.48. The van der Waals surface area contributed by atoms with Gasteiger partial charge >= 0.3 is 11.8 Å². The Morgan fingerprint density at radius 3 is 1.36 bits per heavy atom. The van der Waals surface area contributed by atoms with Crippen LogP contribution in [-0.4, -0.2) is 75.2 Å². The van der Waals surface area contributed by atoms with Crippen LogP contribution < -0.4 is 21.3 Å². The van der Waals surface area contributed by atoms with Crippen molar-refractivity contribution < 1.29 is 28.7 Å². The van der Waals surface area contributed by atoms with Gasteiger partial charge in [0.1, 0.15) is 12.1 Å². The van der Waals surface area contributed by atoms with E-state index in [0.29, 0.717) is 13.2 Å². The Morgan fingerprint density at radius 1 is 0.583 bits per heavy atom. The van der Waals surface area contributed by atoms with Gasteiger partial charge in [0.2, 0.25) is 11.8 Å². The maximum Gasteiger partial charge on any atom is 0.309 e. The molecule has 2 aromatic rings. The summed E-state index contributed by atoms with van der Waals surface area (Å²) >= 11 is 0. The molecule has 0 aliphatic carbocycles. The molecule has 0 unspecified atom stereocenters. The topological polar surface area (TPSA) is 135 Å². The highest BCUT2D eigenvalue weighted by molar-refractivity contribution is 6.36. The van der Waals surface area contributed by atoms with E-state index >= 15 is 0 Å². The molecule has 0 bridgehead atoms. The van der Waals surface area contributed by atoms with Gasteiger partial charge in [0.05, 0.1) is 26.4 Å². The van der Waals surface area contributed by atoms with E-state index in [-0.39, 0.29) is 39.1 Å². The quantitative estimate of drug-likeness (QED) is 0.430. The lowest BCUT2D eigenvalue weighted by Gasteiger charge is -2.21. The summed E-state index contributed by atoms with van der Waals surface area (Å²) in [5, 5.41) is 10.5. The monoisotopic (exact) mass is 496 g/mol. The summed E-state index contributed by atoms with van der Waals surface area (Å²) in [6.45, 7) is 1.67. The number of benzene rings is 2. The number of hydrogen-bond acceptors (Lipinski definition) is 6. The number of nitrogens with one attached hydrogen (secondary N) is 4. The molecular formula is C26H32N4O6. The van der Waals surface area contributed by atoms with Gasteiger partial charge in [-0.3, -0.25) is 19.2 Å². The van der Waals surface area contributed by atoms with Crippen LogP contribution in [0.15, 0.2) is 60.7 Å². The van der Waals surface area contributed by atoms with E-state index in [2.05, 4.69) is 21.3 Å².